The Morgan fingerprint density at radius 3 is 2.78 bits per heavy atom. The van der Waals surface area contributed by atoms with Crippen molar-refractivity contribution in [1.29, 1.82) is 0 Å². The van der Waals surface area contributed by atoms with Crippen molar-refractivity contribution in [3.63, 3.8) is 0 Å². The molecule has 0 fully saturated rings. The molecule has 0 bridgehead atoms. The molecule has 2 aromatic rings. The lowest BCUT2D eigenvalue weighted by Crippen LogP contribution is -2.14. The Bertz CT molecular complexity index is 797. The van der Waals surface area contributed by atoms with Crippen LogP contribution in [-0.2, 0) is 27.5 Å². The van der Waals surface area contributed by atoms with Crippen LogP contribution in [0.1, 0.15) is 30.5 Å². The Labute approximate surface area is 134 Å². The molecule has 122 valence electrons. The fourth-order valence-electron chi connectivity index (χ4n) is 2.68. The van der Waals surface area contributed by atoms with E-state index in [2.05, 4.69) is 10.5 Å². The number of hydrogen-bond donors (Lipinski definition) is 1. The number of aryl methyl sites for hydroxylation is 1. The Hall–Kier alpha value is -2.15. The lowest BCUT2D eigenvalue weighted by atomic mass is 10.2. The largest absolute Gasteiger partial charge is 0.338 e. The summed E-state index contributed by atoms with van der Waals surface area (Å²) in [5, 5.41) is 6.61. The van der Waals surface area contributed by atoms with E-state index >= 15 is 0 Å². The highest BCUT2D eigenvalue weighted by Gasteiger charge is 2.22. The van der Waals surface area contributed by atoms with Gasteiger partial charge in [0.2, 0.25) is 11.8 Å². The van der Waals surface area contributed by atoms with Crippen molar-refractivity contribution in [3.05, 3.63) is 41.6 Å². The topological polar surface area (TPSA) is 89.3 Å². The van der Waals surface area contributed by atoms with Crippen molar-refractivity contribution < 1.29 is 17.7 Å². The molecule has 0 aliphatic heterocycles. The summed E-state index contributed by atoms with van der Waals surface area (Å²) in [5.74, 6) is 0.103. The molecule has 1 aromatic carbocycles. The summed E-state index contributed by atoms with van der Waals surface area (Å²) in [6.07, 6.45) is 3.15. The van der Waals surface area contributed by atoms with Gasteiger partial charge in [-0.25, -0.2) is 8.42 Å². The van der Waals surface area contributed by atoms with Gasteiger partial charge in [0.15, 0.2) is 9.84 Å². The third-order valence-electron chi connectivity index (χ3n) is 3.88. The average Bonchev–Trinajstić information content (AvgIpc) is 3.13. The van der Waals surface area contributed by atoms with Gasteiger partial charge >= 0.3 is 0 Å². The fourth-order valence-corrected chi connectivity index (χ4v) is 4.02. The summed E-state index contributed by atoms with van der Waals surface area (Å²) in [5.41, 5.74) is 1.88. The van der Waals surface area contributed by atoms with E-state index in [1.807, 2.05) is 0 Å². The molecule has 7 heteroatoms. The first-order valence-corrected chi connectivity index (χ1v) is 9.26. The summed E-state index contributed by atoms with van der Waals surface area (Å²) in [6, 6.07) is 8.26. The fraction of sp³-hybridized carbons (Fsp3) is 0.375. The molecule has 23 heavy (non-hydrogen) atoms. The molecule has 1 amide bonds. The van der Waals surface area contributed by atoms with Gasteiger partial charge in [0, 0.05) is 12.0 Å². The molecule has 0 unspecified atom stereocenters. The van der Waals surface area contributed by atoms with Crippen molar-refractivity contribution in [1.82, 2.24) is 5.16 Å². The standard InChI is InChI=1S/C16H18N2O4S/c19-15(17-16-13-8-4-9-14(13)18-22-16)10-5-11-23(20,21)12-6-2-1-3-7-12/h1-3,6-7H,4-5,8-11H2,(H,17,19). The Morgan fingerprint density at radius 2 is 2.00 bits per heavy atom. The molecule has 0 atom stereocenters. The first-order chi connectivity index (χ1) is 11.1. The van der Waals surface area contributed by atoms with Gasteiger partial charge in [0.1, 0.15) is 0 Å². The molecule has 1 aliphatic carbocycles. The van der Waals surface area contributed by atoms with Gasteiger partial charge in [-0.3, -0.25) is 10.1 Å². The molecule has 6 nitrogen and oxygen atoms in total. The number of benzene rings is 1. The average molecular weight is 334 g/mol. The predicted octanol–water partition coefficient (Wildman–Crippen LogP) is 2.36. The van der Waals surface area contributed by atoms with Gasteiger partial charge in [0.05, 0.1) is 16.3 Å². The highest BCUT2D eigenvalue weighted by molar-refractivity contribution is 7.91. The normalized spacial score (nSPS) is 13.7. The number of hydrogen-bond acceptors (Lipinski definition) is 5. The van der Waals surface area contributed by atoms with E-state index in [1.165, 1.54) is 0 Å². The molecule has 1 aromatic heterocycles. The van der Waals surface area contributed by atoms with Crippen molar-refractivity contribution >= 4 is 21.6 Å². The van der Waals surface area contributed by atoms with Crippen molar-refractivity contribution in [3.8, 4) is 0 Å². The minimum Gasteiger partial charge on any atom is -0.338 e. The predicted molar refractivity (Wildman–Crippen MR) is 84.9 cm³/mol. The third-order valence-corrected chi connectivity index (χ3v) is 5.70. The molecule has 0 spiro atoms. The SMILES string of the molecule is O=C(CCCS(=O)(=O)c1ccccc1)Nc1onc2c1CCC2. The van der Waals surface area contributed by atoms with Crippen molar-refractivity contribution in [2.45, 2.75) is 37.0 Å². The first-order valence-electron chi connectivity index (χ1n) is 7.61. The van der Waals surface area contributed by atoms with E-state index in [1.54, 1.807) is 30.3 Å². The molecule has 3 rings (SSSR count). The van der Waals surface area contributed by atoms with Gasteiger partial charge in [-0.2, -0.15) is 0 Å². The minimum absolute atomic E-state index is 0.0566. The number of carbonyl (C=O) groups is 1. The van der Waals surface area contributed by atoms with E-state index in [-0.39, 0.29) is 29.4 Å². The van der Waals surface area contributed by atoms with Crippen LogP contribution in [0.2, 0.25) is 0 Å². The summed E-state index contributed by atoms with van der Waals surface area (Å²) in [6.45, 7) is 0. The number of rotatable bonds is 6. The summed E-state index contributed by atoms with van der Waals surface area (Å²) < 4.78 is 29.4. The first kappa shape index (κ1) is 15.7. The zero-order valence-electron chi connectivity index (χ0n) is 12.6. The van der Waals surface area contributed by atoms with E-state index < -0.39 is 9.84 Å². The second kappa shape index (κ2) is 6.54. The monoisotopic (exact) mass is 334 g/mol. The maximum Gasteiger partial charge on any atom is 0.234 e. The molecule has 0 saturated heterocycles. The van der Waals surface area contributed by atoms with Crippen LogP contribution >= 0.6 is 0 Å². The van der Waals surface area contributed by atoms with Gasteiger partial charge in [0.25, 0.3) is 0 Å². The number of fused-ring (bicyclic) bond motifs is 1. The number of nitrogens with zero attached hydrogens (tertiary/aromatic N) is 1. The van der Waals surface area contributed by atoms with Crippen LogP contribution in [0.5, 0.6) is 0 Å². The molecular weight excluding hydrogens is 316 g/mol. The summed E-state index contributed by atoms with van der Waals surface area (Å²) >= 11 is 0. The highest BCUT2D eigenvalue weighted by atomic mass is 32.2. The van der Waals surface area contributed by atoms with Crippen LogP contribution in [0.4, 0.5) is 5.88 Å². The van der Waals surface area contributed by atoms with E-state index in [4.69, 9.17) is 4.52 Å². The van der Waals surface area contributed by atoms with Crippen molar-refractivity contribution in [2.24, 2.45) is 0 Å². The molecular formula is C16H18N2O4S. The quantitative estimate of drug-likeness (QED) is 0.876. The Morgan fingerprint density at radius 1 is 1.22 bits per heavy atom. The van der Waals surface area contributed by atoms with Crippen LogP contribution < -0.4 is 5.32 Å². The lowest BCUT2D eigenvalue weighted by Gasteiger charge is -2.05. The number of aromatic nitrogens is 1. The zero-order chi connectivity index (χ0) is 16.3. The second-order valence-electron chi connectivity index (χ2n) is 5.57. The number of anilines is 1. The van der Waals surface area contributed by atoms with Crippen LogP contribution in [0.15, 0.2) is 39.8 Å². The van der Waals surface area contributed by atoms with Crippen LogP contribution in [0.25, 0.3) is 0 Å². The molecule has 1 heterocycles. The van der Waals surface area contributed by atoms with Gasteiger partial charge in [-0.1, -0.05) is 23.4 Å². The minimum atomic E-state index is -3.34. The zero-order valence-corrected chi connectivity index (χ0v) is 13.4. The van der Waals surface area contributed by atoms with Crippen LogP contribution in [0.3, 0.4) is 0 Å². The molecule has 1 aliphatic rings. The number of nitrogens with one attached hydrogen (secondary N) is 1. The molecule has 1 N–H and O–H groups in total. The van der Waals surface area contributed by atoms with Gasteiger partial charge in [-0.05, 0) is 37.8 Å². The van der Waals surface area contributed by atoms with E-state index in [0.717, 1.165) is 30.5 Å². The third kappa shape index (κ3) is 3.61. The Kier molecular flexibility index (Phi) is 4.47. The number of sulfone groups is 1. The van der Waals surface area contributed by atoms with Gasteiger partial charge in [-0.15, -0.1) is 0 Å². The number of carbonyl (C=O) groups excluding carboxylic acids is 1. The summed E-state index contributed by atoms with van der Waals surface area (Å²) in [4.78, 5) is 12.2. The van der Waals surface area contributed by atoms with Gasteiger partial charge < -0.3 is 4.52 Å². The smallest absolute Gasteiger partial charge is 0.234 e. The van der Waals surface area contributed by atoms with Crippen LogP contribution in [-0.4, -0.2) is 25.2 Å². The lowest BCUT2D eigenvalue weighted by molar-refractivity contribution is -0.116. The molecule has 0 radical (unpaired) electrons. The maximum absolute atomic E-state index is 12.1. The Balaban J connectivity index is 1.51. The van der Waals surface area contributed by atoms with Crippen molar-refractivity contribution in [2.75, 3.05) is 11.1 Å². The second-order valence-corrected chi connectivity index (χ2v) is 7.68. The van der Waals surface area contributed by atoms with E-state index in [9.17, 15) is 13.2 Å². The molecule has 0 saturated carbocycles. The summed E-state index contributed by atoms with van der Waals surface area (Å²) in [7, 11) is -3.34. The highest BCUT2D eigenvalue weighted by Crippen LogP contribution is 2.28. The van der Waals surface area contributed by atoms with Crippen LogP contribution in [0, 0.1) is 0 Å². The number of amides is 1. The van der Waals surface area contributed by atoms with E-state index in [0.29, 0.717) is 5.88 Å². The maximum atomic E-state index is 12.1.